The first kappa shape index (κ1) is 19.3. The van der Waals surface area contributed by atoms with Crippen LogP contribution in [-0.2, 0) is 0 Å². The first-order chi connectivity index (χ1) is 14.7. The zero-order valence-corrected chi connectivity index (χ0v) is 16.8. The van der Waals surface area contributed by atoms with Gasteiger partial charge in [0.15, 0.2) is 0 Å². The van der Waals surface area contributed by atoms with E-state index in [4.69, 9.17) is 9.47 Å². The van der Waals surface area contributed by atoms with Crippen molar-refractivity contribution in [3.63, 3.8) is 0 Å². The van der Waals surface area contributed by atoms with E-state index in [-0.39, 0.29) is 0 Å². The maximum absolute atomic E-state index is 5.20. The van der Waals surface area contributed by atoms with E-state index in [2.05, 4.69) is 20.2 Å². The molecule has 0 atom stereocenters. The van der Waals surface area contributed by atoms with Gasteiger partial charge < -0.3 is 19.4 Å². The summed E-state index contributed by atoms with van der Waals surface area (Å²) in [6, 6.07) is 19.9. The minimum absolute atomic E-state index is 0.838. The molecule has 0 radical (unpaired) electrons. The van der Waals surface area contributed by atoms with Gasteiger partial charge in [-0.05, 0) is 58.7 Å². The minimum atomic E-state index is 0.838. The Hall–Kier alpha value is -4.06. The Bertz CT molecular complexity index is 1060. The molecule has 0 bridgehead atoms. The second kappa shape index (κ2) is 8.96. The number of hydrogen-bond acceptors (Lipinski definition) is 4. The van der Waals surface area contributed by atoms with E-state index in [9.17, 15) is 0 Å². The maximum Gasteiger partial charge on any atom is 0.118 e. The van der Waals surface area contributed by atoms with Crippen molar-refractivity contribution in [3.8, 4) is 33.8 Å². The second-order valence-corrected chi connectivity index (χ2v) is 6.63. The fraction of sp³-hybridized carbons (Fsp3) is 0.0833. The van der Waals surface area contributed by atoms with Gasteiger partial charge in [0.05, 0.1) is 38.0 Å². The Morgan fingerprint density at radius 2 is 1.00 bits per heavy atom. The first-order valence-electron chi connectivity index (χ1n) is 9.47. The van der Waals surface area contributed by atoms with E-state index >= 15 is 0 Å². The van der Waals surface area contributed by atoms with E-state index in [1.54, 1.807) is 26.6 Å². The van der Waals surface area contributed by atoms with Crippen molar-refractivity contribution in [1.82, 2.24) is 9.97 Å². The molecule has 4 rings (SSSR count). The average molecular weight is 398 g/mol. The van der Waals surface area contributed by atoms with Crippen LogP contribution in [0.25, 0.3) is 22.3 Å². The predicted octanol–water partition coefficient (Wildman–Crippen LogP) is 5.15. The highest BCUT2D eigenvalue weighted by Gasteiger charge is 2.02. The molecule has 150 valence electrons. The molecule has 0 saturated carbocycles. The van der Waals surface area contributed by atoms with Gasteiger partial charge in [-0.3, -0.25) is 0 Å². The topological polar surface area (TPSA) is 74.8 Å². The summed E-state index contributed by atoms with van der Waals surface area (Å²) in [4.78, 5) is 6.39. The minimum Gasteiger partial charge on any atom is -0.497 e. The third-order valence-corrected chi connectivity index (χ3v) is 4.72. The van der Waals surface area contributed by atoms with Crippen LogP contribution in [0.4, 0.5) is 0 Å². The van der Waals surface area contributed by atoms with Gasteiger partial charge in [0.25, 0.3) is 0 Å². The van der Waals surface area contributed by atoms with Crippen LogP contribution in [0.15, 0.2) is 83.3 Å². The van der Waals surface area contributed by atoms with E-state index in [1.807, 2.05) is 73.1 Å². The summed E-state index contributed by atoms with van der Waals surface area (Å²) >= 11 is 0. The van der Waals surface area contributed by atoms with Gasteiger partial charge in [0.2, 0.25) is 0 Å². The van der Waals surface area contributed by atoms with Crippen molar-refractivity contribution in [2.75, 3.05) is 14.2 Å². The predicted molar refractivity (Wildman–Crippen MR) is 121 cm³/mol. The van der Waals surface area contributed by atoms with Crippen LogP contribution in [0, 0.1) is 0 Å². The molecule has 0 amide bonds. The second-order valence-electron chi connectivity index (χ2n) is 6.63. The Morgan fingerprint density at radius 1 is 0.600 bits per heavy atom. The quantitative estimate of drug-likeness (QED) is 0.334. The number of H-pyrrole nitrogens is 2. The van der Waals surface area contributed by atoms with Crippen LogP contribution in [0.3, 0.4) is 0 Å². The summed E-state index contributed by atoms with van der Waals surface area (Å²) in [7, 11) is 3.32. The van der Waals surface area contributed by atoms with E-state index in [0.717, 1.165) is 45.1 Å². The fourth-order valence-electron chi connectivity index (χ4n) is 3.06. The third-order valence-electron chi connectivity index (χ3n) is 4.72. The van der Waals surface area contributed by atoms with Gasteiger partial charge in [0, 0.05) is 12.4 Å². The molecule has 2 aromatic carbocycles. The lowest BCUT2D eigenvalue weighted by Crippen LogP contribution is -1.82. The number of ether oxygens (including phenoxy) is 2. The number of rotatable bonds is 7. The molecular formula is C24H22N4O2. The number of benzene rings is 2. The van der Waals surface area contributed by atoms with Crippen molar-refractivity contribution in [2.24, 2.45) is 10.2 Å². The zero-order valence-electron chi connectivity index (χ0n) is 16.8. The van der Waals surface area contributed by atoms with Crippen LogP contribution in [-0.4, -0.2) is 36.6 Å². The summed E-state index contributed by atoms with van der Waals surface area (Å²) in [5.74, 6) is 1.68. The maximum atomic E-state index is 5.20. The molecular weight excluding hydrogens is 376 g/mol. The number of nitrogens with one attached hydrogen (secondary N) is 2. The largest absolute Gasteiger partial charge is 0.497 e. The standard InChI is InChI=1S/C24H22N4O2/c1-29-23-7-3-17(4-8-23)19-11-21(25-13-19)15-27-28-16-22-12-20(14-26-22)18-5-9-24(30-2)10-6-18/h3-16,25-26H,1-2H3/b27-15+,28-16+. The number of aromatic nitrogens is 2. The molecule has 2 N–H and O–H groups in total. The van der Waals surface area contributed by atoms with Crippen LogP contribution in [0.5, 0.6) is 11.5 Å². The molecule has 0 fully saturated rings. The van der Waals surface area contributed by atoms with Crippen LogP contribution < -0.4 is 9.47 Å². The number of aromatic amines is 2. The van der Waals surface area contributed by atoms with Gasteiger partial charge in [-0.25, -0.2) is 0 Å². The molecule has 30 heavy (non-hydrogen) atoms. The Morgan fingerprint density at radius 3 is 1.37 bits per heavy atom. The number of nitrogens with zero attached hydrogens (tertiary/aromatic N) is 2. The lowest BCUT2D eigenvalue weighted by molar-refractivity contribution is 0.415. The van der Waals surface area contributed by atoms with Gasteiger partial charge in [-0.2, -0.15) is 10.2 Å². The molecule has 2 aromatic heterocycles. The van der Waals surface area contributed by atoms with Crippen molar-refractivity contribution in [3.05, 3.63) is 84.4 Å². The summed E-state index contributed by atoms with van der Waals surface area (Å²) in [6.45, 7) is 0. The van der Waals surface area contributed by atoms with Gasteiger partial charge in [-0.15, -0.1) is 0 Å². The number of methoxy groups -OCH3 is 2. The van der Waals surface area contributed by atoms with E-state index < -0.39 is 0 Å². The van der Waals surface area contributed by atoms with Crippen molar-refractivity contribution in [1.29, 1.82) is 0 Å². The van der Waals surface area contributed by atoms with Crippen molar-refractivity contribution >= 4 is 12.4 Å². The SMILES string of the molecule is COc1ccc(-c2c[nH]c(/C=N/N=C/c3cc(-c4ccc(OC)cc4)c[nH]3)c2)cc1. The molecule has 6 heteroatoms. The van der Waals surface area contributed by atoms with Crippen LogP contribution in [0.1, 0.15) is 11.4 Å². The summed E-state index contributed by atoms with van der Waals surface area (Å²) in [5.41, 5.74) is 6.13. The lowest BCUT2D eigenvalue weighted by atomic mass is 10.1. The van der Waals surface area contributed by atoms with Crippen molar-refractivity contribution in [2.45, 2.75) is 0 Å². The van der Waals surface area contributed by atoms with E-state index in [0.29, 0.717) is 0 Å². The monoisotopic (exact) mass is 398 g/mol. The molecule has 6 nitrogen and oxygen atoms in total. The molecule has 0 spiro atoms. The summed E-state index contributed by atoms with van der Waals surface area (Å²) in [5, 5.41) is 8.27. The average Bonchev–Trinajstić information content (AvgIpc) is 3.47. The van der Waals surface area contributed by atoms with Gasteiger partial charge in [-0.1, -0.05) is 24.3 Å². The summed E-state index contributed by atoms with van der Waals surface area (Å²) in [6.07, 6.45) is 7.27. The fourth-order valence-corrected chi connectivity index (χ4v) is 3.06. The normalized spacial score (nSPS) is 11.4. The highest BCUT2D eigenvalue weighted by atomic mass is 16.5. The van der Waals surface area contributed by atoms with E-state index in [1.165, 1.54) is 0 Å². The molecule has 2 heterocycles. The Balaban J connectivity index is 1.38. The highest BCUT2D eigenvalue weighted by Crippen LogP contribution is 2.23. The van der Waals surface area contributed by atoms with Crippen LogP contribution >= 0.6 is 0 Å². The van der Waals surface area contributed by atoms with Gasteiger partial charge in [0.1, 0.15) is 11.5 Å². The van der Waals surface area contributed by atoms with Crippen molar-refractivity contribution < 1.29 is 9.47 Å². The molecule has 4 aromatic rings. The van der Waals surface area contributed by atoms with Crippen LogP contribution in [0.2, 0.25) is 0 Å². The molecule has 0 unspecified atom stereocenters. The third kappa shape index (κ3) is 4.50. The smallest absolute Gasteiger partial charge is 0.118 e. The first-order valence-corrected chi connectivity index (χ1v) is 9.47. The Kier molecular flexibility index (Phi) is 5.75. The molecule has 0 saturated heterocycles. The lowest BCUT2D eigenvalue weighted by Gasteiger charge is -2.00. The molecule has 0 aliphatic carbocycles. The Labute approximate surface area is 174 Å². The molecule has 0 aliphatic rings. The molecule has 0 aliphatic heterocycles. The summed E-state index contributed by atoms with van der Waals surface area (Å²) < 4.78 is 10.4. The zero-order chi connectivity index (χ0) is 20.8. The number of hydrogen-bond donors (Lipinski definition) is 2. The highest BCUT2D eigenvalue weighted by molar-refractivity contribution is 5.83. The van der Waals surface area contributed by atoms with Gasteiger partial charge >= 0.3 is 0 Å².